The fraction of sp³-hybridized carbons (Fsp3) is 0.556. The molecule has 3 nitrogen and oxygen atoms in total. The maximum absolute atomic E-state index is 11.3. The monoisotopic (exact) mass is 311 g/mol. The van der Waals surface area contributed by atoms with E-state index in [2.05, 4.69) is 21.2 Å². The molecule has 0 amide bonds. The van der Waals surface area contributed by atoms with Crippen molar-refractivity contribution in [1.82, 2.24) is 5.32 Å². The molecule has 1 heterocycles. The Morgan fingerprint density at radius 3 is 2.67 bits per heavy atom. The molecule has 1 unspecified atom stereocenters. The molecule has 0 aliphatic carbocycles. The summed E-state index contributed by atoms with van der Waals surface area (Å²) < 4.78 is 23.5. The highest BCUT2D eigenvalue weighted by Crippen LogP contribution is 2.29. The number of sulfone groups is 1. The van der Waals surface area contributed by atoms with Crippen LogP contribution in [0.25, 0.3) is 0 Å². The SMILES string of the molecule is CCNC(CS(C)(=O)=O)c1sccc1Br. The Balaban J connectivity index is 2.88. The van der Waals surface area contributed by atoms with Gasteiger partial charge in [-0.05, 0) is 33.9 Å². The van der Waals surface area contributed by atoms with E-state index in [9.17, 15) is 8.42 Å². The normalized spacial score (nSPS) is 14.1. The van der Waals surface area contributed by atoms with E-state index >= 15 is 0 Å². The highest BCUT2D eigenvalue weighted by molar-refractivity contribution is 9.10. The van der Waals surface area contributed by atoms with Gasteiger partial charge in [0.1, 0.15) is 9.84 Å². The average molecular weight is 312 g/mol. The van der Waals surface area contributed by atoms with Gasteiger partial charge in [0, 0.05) is 15.6 Å². The Labute approximate surface area is 103 Å². The number of hydrogen-bond donors (Lipinski definition) is 1. The molecule has 0 spiro atoms. The molecule has 1 rings (SSSR count). The van der Waals surface area contributed by atoms with Gasteiger partial charge in [-0.3, -0.25) is 0 Å². The van der Waals surface area contributed by atoms with Crippen LogP contribution in [-0.2, 0) is 9.84 Å². The largest absolute Gasteiger partial charge is 0.309 e. The van der Waals surface area contributed by atoms with E-state index in [1.165, 1.54) is 6.26 Å². The highest BCUT2D eigenvalue weighted by Gasteiger charge is 2.19. The maximum Gasteiger partial charge on any atom is 0.149 e. The van der Waals surface area contributed by atoms with Crippen LogP contribution in [0.1, 0.15) is 17.8 Å². The number of thiophene rings is 1. The number of halogens is 1. The minimum absolute atomic E-state index is 0.112. The Kier molecular flexibility index (Phi) is 4.76. The molecular weight excluding hydrogens is 298 g/mol. The lowest BCUT2D eigenvalue weighted by atomic mass is 10.3. The molecule has 15 heavy (non-hydrogen) atoms. The third-order valence-corrected chi connectivity index (χ3v) is 4.80. The third kappa shape index (κ3) is 4.22. The van der Waals surface area contributed by atoms with Crippen molar-refractivity contribution >= 4 is 37.1 Å². The molecule has 0 saturated heterocycles. The molecule has 0 saturated carbocycles. The molecular formula is C9H14BrNO2S2. The van der Waals surface area contributed by atoms with Crippen LogP contribution < -0.4 is 5.32 Å². The minimum Gasteiger partial charge on any atom is -0.309 e. The summed E-state index contributed by atoms with van der Waals surface area (Å²) in [6.07, 6.45) is 1.26. The molecule has 0 aromatic carbocycles. The molecule has 1 aromatic heterocycles. The molecule has 6 heteroatoms. The summed E-state index contributed by atoms with van der Waals surface area (Å²) in [5.41, 5.74) is 0. The molecule has 86 valence electrons. The quantitative estimate of drug-likeness (QED) is 0.907. The predicted molar refractivity (Wildman–Crippen MR) is 68.1 cm³/mol. The second-order valence-electron chi connectivity index (χ2n) is 3.34. The van der Waals surface area contributed by atoms with Gasteiger partial charge in [0.25, 0.3) is 0 Å². The molecule has 0 fully saturated rings. The zero-order valence-electron chi connectivity index (χ0n) is 8.66. The fourth-order valence-corrected chi connectivity index (χ4v) is 4.05. The first-order valence-corrected chi connectivity index (χ1v) is 8.31. The van der Waals surface area contributed by atoms with Crippen LogP contribution in [0.4, 0.5) is 0 Å². The number of rotatable bonds is 5. The maximum atomic E-state index is 11.3. The molecule has 1 N–H and O–H groups in total. The smallest absolute Gasteiger partial charge is 0.149 e. The number of hydrogen-bond acceptors (Lipinski definition) is 4. The molecule has 0 radical (unpaired) electrons. The van der Waals surface area contributed by atoms with E-state index in [4.69, 9.17) is 0 Å². The second-order valence-corrected chi connectivity index (χ2v) is 7.32. The van der Waals surface area contributed by atoms with Crippen molar-refractivity contribution in [1.29, 1.82) is 0 Å². The molecule has 1 aromatic rings. The zero-order chi connectivity index (χ0) is 11.5. The van der Waals surface area contributed by atoms with Gasteiger partial charge >= 0.3 is 0 Å². The Hall–Kier alpha value is 0.0900. The summed E-state index contributed by atoms with van der Waals surface area (Å²) >= 11 is 4.98. The predicted octanol–water partition coefficient (Wildman–Crippen LogP) is 2.21. The Morgan fingerprint density at radius 1 is 1.60 bits per heavy atom. The van der Waals surface area contributed by atoms with Crippen molar-refractivity contribution in [3.63, 3.8) is 0 Å². The summed E-state index contributed by atoms with van der Waals surface area (Å²) in [4.78, 5) is 1.04. The van der Waals surface area contributed by atoms with Gasteiger partial charge in [0.2, 0.25) is 0 Å². The van der Waals surface area contributed by atoms with Crippen molar-refractivity contribution in [2.45, 2.75) is 13.0 Å². The lowest BCUT2D eigenvalue weighted by molar-refractivity contribution is 0.566. The summed E-state index contributed by atoms with van der Waals surface area (Å²) in [6.45, 7) is 2.72. The van der Waals surface area contributed by atoms with Gasteiger partial charge in [0.05, 0.1) is 11.8 Å². The van der Waals surface area contributed by atoms with Crippen LogP contribution in [0.15, 0.2) is 15.9 Å². The summed E-state index contributed by atoms with van der Waals surface area (Å²) in [5, 5.41) is 5.13. The van der Waals surface area contributed by atoms with E-state index in [0.29, 0.717) is 0 Å². The molecule has 0 aliphatic heterocycles. The van der Waals surface area contributed by atoms with E-state index in [1.54, 1.807) is 11.3 Å². The van der Waals surface area contributed by atoms with Crippen LogP contribution in [0.5, 0.6) is 0 Å². The van der Waals surface area contributed by atoms with Crippen molar-refractivity contribution in [2.24, 2.45) is 0 Å². The van der Waals surface area contributed by atoms with Crippen LogP contribution in [0, 0.1) is 0 Å². The van der Waals surface area contributed by atoms with Gasteiger partial charge in [-0.15, -0.1) is 11.3 Å². The van der Waals surface area contributed by atoms with Crippen molar-refractivity contribution in [3.8, 4) is 0 Å². The lowest BCUT2D eigenvalue weighted by Crippen LogP contribution is -2.27. The van der Waals surface area contributed by atoms with Gasteiger partial charge in [0.15, 0.2) is 0 Å². The first-order chi connectivity index (χ1) is 6.94. The molecule has 0 aliphatic rings. The van der Waals surface area contributed by atoms with Gasteiger partial charge in [-0.1, -0.05) is 6.92 Å². The Bertz CT molecular complexity index is 414. The van der Waals surface area contributed by atoms with Crippen molar-refractivity contribution in [3.05, 3.63) is 20.8 Å². The third-order valence-electron chi connectivity index (χ3n) is 1.88. The Morgan fingerprint density at radius 2 is 2.27 bits per heavy atom. The summed E-state index contributed by atoms with van der Waals surface area (Å²) in [6, 6.07) is 1.83. The van der Waals surface area contributed by atoms with E-state index in [0.717, 1.165) is 15.9 Å². The standard InChI is InChI=1S/C9H14BrNO2S2/c1-3-11-8(6-15(2,12)13)9-7(10)4-5-14-9/h4-5,8,11H,3,6H2,1-2H3. The minimum atomic E-state index is -2.96. The van der Waals surface area contributed by atoms with Crippen molar-refractivity contribution in [2.75, 3.05) is 18.6 Å². The van der Waals surface area contributed by atoms with Crippen LogP contribution in [0.2, 0.25) is 0 Å². The van der Waals surface area contributed by atoms with Gasteiger partial charge in [-0.25, -0.2) is 8.42 Å². The lowest BCUT2D eigenvalue weighted by Gasteiger charge is -2.15. The molecule has 0 bridgehead atoms. The second kappa shape index (κ2) is 5.43. The zero-order valence-corrected chi connectivity index (χ0v) is 11.9. The average Bonchev–Trinajstić information content (AvgIpc) is 2.48. The van der Waals surface area contributed by atoms with E-state index in [1.807, 2.05) is 18.4 Å². The number of nitrogens with one attached hydrogen (secondary N) is 1. The first kappa shape index (κ1) is 13.2. The van der Waals surface area contributed by atoms with Crippen LogP contribution >= 0.6 is 27.3 Å². The first-order valence-electron chi connectivity index (χ1n) is 4.58. The fourth-order valence-electron chi connectivity index (χ4n) is 1.33. The summed E-state index contributed by atoms with van der Waals surface area (Å²) in [5.74, 6) is 0.139. The van der Waals surface area contributed by atoms with Gasteiger partial charge < -0.3 is 5.32 Å². The van der Waals surface area contributed by atoms with Crippen LogP contribution in [0.3, 0.4) is 0 Å². The van der Waals surface area contributed by atoms with E-state index in [-0.39, 0.29) is 11.8 Å². The topological polar surface area (TPSA) is 46.2 Å². The molecule has 1 atom stereocenters. The highest BCUT2D eigenvalue weighted by atomic mass is 79.9. The van der Waals surface area contributed by atoms with Crippen molar-refractivity contribution < 1.29 is 8.42 Å². The van der Waals surface area contributed by atoms with Crippen LogP contribution in [-0.4, -0.2) is 27.0 Å². The van der Waals surface area contributed by atoms with Gasteiger partial charge in [-0.2, -0.15) is 0 Å². The summed E-state index contributed by atoms with van der Waals surface area (Å²) in [7, 11) is -2.96. The van der Waals surface area contributed by atoms with E-state index < -0.39 is 9.84 Å².